The lowest BCUT2D eigenvalue weighted by Crippen LogP contribution is -2.60. The van der Waals surface area contributed by atoms with E-state index in [1.807, 2.05) is 19.2 Å². The summed E-state index contributed by atoms with van der Waals surface area (Å²) in [5.74, 6) is 3.62. The van der Waals surface area contributed by atoms with Gasteiger partial charge in [-0.05, 0) is 32.0 Å². The number of aryl methyl sites for hydroxylation is 1. The number of aromatic nitrogens is 2. The summed E-state index contributed by atoms with van der Waals surface area (Å²) in [6, 6.07) is 6.65. The molecule has 3 heterocycles. The fourth-order valence-electron chi connectivity index (χ4n) is 4.41. The Labute approximate surface area is 191 Å². The predicted octanol–water partition coefficient (Wildman–Crippen LogP) is -0.324. The van der Waals surface area contributed by atoms with Crippen molar-refractivity contribution < 1.29 is 20.1 Å². The third-order valence-electron chi connectivity index (χ3n) is 6.50. The van der Waals surface area contributed by atoms with Gasteiger partial charge in [0.15, 0.2) is 0 Å². The molecule has 3 N–H and O–H groups in total. The van der Waals surface area contributed by atoms with Gasteiger partial charge in [0.1, 0.15) is 6.04 Å². The molecule has 0 bridgehead atoms. The molecular weight excluding hydrogens is 424 g/mol. The van der Waals surface area contributed by atoms with Gasteiger partial charge >= 0.3 is 0 Å². The van der Waals surface area contributed by atoms with Crippen molar-refractivity contribution in [2.24, 2.45) is 12.0 Å². The molecule has 1 aliphatic carbocycles. The van der Waals surface area contributed by atoms with Gasteiger partial charge in [0.2, 0.25) is 5.96 Å². The average Bonchev–Trinajstić information content (AvgIpc) is 3.27. The Morgan fingerprint density at radius 2 is 2.06 bits per heavy atom. The van der Waals surface area contributed by atoms with Crippen LogP contribution in [0.2, 0.25) is 0 Å². The highest BCUT2D eigenvalue weighted by Gasteiger charge is 2.51. The number of amides is 1. The number of nitrogens with zero attached hydrogens (tertiary/aromatic N) is 6. The number of aliphatic hydroxyl groups is 3. The number of rotatable bonds is 5. The van der Waals surface area contributed by atoms with Crippen molar-refractivity contribution in [2.75, 3.05) is 31.6 Å². The zero-order valence-electron chi connectivity index (χ0n) is 18.5. The molecule has 0 radical (unpaired) electrons. The zero-order chi connectivity index (χ0) is 23.4. The highest BCUT2D eigenvalue weighted by Crippen LogP contribution is 2.41. The van der Waals surface area contributed by atoms with E-state index in [9.17, 15) is 20.1 Å². The number of carbonyl (C=O) groups excluding carboxylic acids is 1. The molecule has 172 valence electrons. The third-order valence-corrected chi connectivity index (χ3v) is 6.50. The second kappa shape index (κ2) is 7.67. The number of anilines is 1. The second-order valence-electron chi connectivity index (χ2n) is 8.67. The number of benzene rings is 1. The van der Waals surface area contributed by atoms with Crippen LogP contribution in [0, 0.1) is 11.8 Å². The van der Waals surface area contributed by atoms with E-state index < -0.39 is 11.8 Å². The first-order valence-electron chi connectivity index (χ1n) is 10.8. The summed E-state index contributed by atoms with van der Waals surface area (Å²) in [5, 5.41) is 35.5. The minimum Gasteiger partial charge on any atom is -0.395 e. The number of β-amino-alcohol motifs (C(OH)–C–C–N with tert-alkyl or cyclic N) is 1. The van der Waals surface area contributed by atoms with Crippen LogP contribution in [-0.2, 0) is 13.0 Å². The van der Waals surface area contributed by atoms with Gasteiger partial charge < -0.3 is 15.3 Å². The number of fused-ring (bicyclic) bond motifs is 3. The van der Waals surface area contributed by atoms with Gasteiger partial charge in [-0.25, -0.2) is 9.89 Å². The van der Waals surface area contributed by atoms with Crippen molar-refractivity contribution in [2.45, 2.75) is 30.3 Å². The molecule has 2 aromatic rings. The fourth-order valence-corrected chi connectivity index (χ4v) is 4.41. The SMILES string of the molecule is CN(CCO)C1(C#CC2CN=C3N2c2ccccc2C(=O)N3C(O)(O)c2cnn(C)c2)CC1. The summed E-state index contributed by atoms with van der Waals surface area (Å²) >= 11 is 0. The molecule has 33 heavy (non-hydrogen) atoms. The van der Waals surface area contributed by atoms with Gasteiger partial charge in [-0.15, -0.1) is 0 Å². The summed E-state index contributed by atoms with van der Waals surface area (Å²) in [7, 11) is 3.60. The second-order valence-corrected chi connectivity index (χ2v) is 8.67. The van der Waals surface area contributed by atoms with Crippen LogP contribution in [0.25, 0.3) is 0 Å². The normalized spacial score (nSPS) is 20.8. The fraction of sp³-hybridized carbons (Fsp3) is 0.435. The lowest BCUT2D eigenvalue weighted by atomic mass is 10.0. The van der Waals surface area contributed by atoms with E-state index in [-0.39, 0.29) is 36.3 Å². The van der Waals surface area contributed by atoms with E-state index in [4.69, 9.17) is 0 Å². The Morgan fingerprint density at radius 1 is 1.30 bits per heavy atom. The van der Waals surface area contributed by atoms with Gasteiger partial charge in [-0.1, -0.05) is 24.0 Å². The van der Waals surface area contributed by atoms with E-state index in [0.29, 0.717) is 17.8 Å². The highest BCUT2D eigenvalue weighted by atomic mass is 16.5. The standard InChI is InChI=1S/C23H26N6O4/c1-26(11-12-30)22(9-10-22)8-7-17-14-24-21-28(17)19-6-4-3-5-18(19)20(31)29(21)23(32,33)16-13-25-27(2)15-16/h3-6,13,15,17,30,32-33H,9-12,14H2,1-2H3. The van der Waals surface area contributed by atoms with Crippen LogP contribution in [0.1, 0.15) is 28.8 Å². The summed E-state index contributed by atoms with van der Waals surface area (Å²) in [4.78, 5) is 22.7. The van der Waals surface area contributed by atoms with Crippen LogP contribution in [0.5, 0.6) is 0 Å². The maximum Gasteiger partial charge on any atom is 0.287 e. The molecule has 0 spiro atoms. The van der Waals surface area contributed by atoms with Crippen molar-refractivity contribution in [1.82, 2.24) is 19.6 Å². The molecule has 0 saturated heterocycles. The van der Waals surface area contributed by atoms with Crippen LogP contribution < -0.4 is 4.90 Å². The maximum atomic E-state index is 13.4. The minimum absolute atomic E-state index is 0.0532. The lowest BCUT2D eigenvalue weighted by Gasteiger charge is -2.42. The largest absolute Gasteiger partial charge is 0.395 e. The molecule has 1 atom stereocenters. The van der Waals surface area contributed by atoms with Gasteiger partial charge in [-0.3, -0.25) is 19.3 Å². The van der Waals surface area contributed by atoms with E-state index in [1.165, 1.54) is 17.1 Å². The molecule has 10 nitrogen and oxygen atoms in total. The maximum absolute atomic E-state index is 13.4. The van der Waals surface area contributed by atoms with Crippen molar-refractivity contribution in [3.05, 3.63) is 47.8 Å². The number of guanidine groups is 1. The quantitative estimate of drug-likeness (QED) is 0.422. The molecule has 1 fully saturated rings. The van der Waals surface area contributed by atoms with Crippen molar-refractivity contribution in [3.63, 3.8) is 0 Å². The molecule has 10 heteroatoms. The van der Waals surface area contributed by atoms with Crippen LogP contribution in [0.4, 0.5) is 5.69 Å². The number of aliphatic hydroxyl groups excluding tert-OH is 1. The number of para-hydroxylation sites is 1. The van der Waals surface area contributed by atoms with Gasteiger partial charge in [0.25, 0.3) is 11.8 Å². The Kier molecular flexibility index (Phi) is 5.02. The topological polar surface area (TPSA) is 118 Å². The summed E-state index contributed by atoms with van der Waals surface area (Å²) < 4.78 is 1.43. The summed E-state index contributed by atoms with van der Waals surface area (Å²) in [6.45, 7) is 0.887. The van der Waals surface area contributed by atoms with Gasteiger partial charge in [-0.2, -0.15) is 5.10 Å². The summed E-state index contributed by atoms with van der Waals surface area (Å²) in [5.41, 5.74) is 0.756. The van der Waals surface area contributed by atoms with Crippen molar-refractivity contribution in [1.29, 1.82) is 0 Å². The molecule has 3 aliphatic rings. The Morgan fingerprint density at radius 3 is 2.73 bits per heavy atom. The predicted molar refractivity (Wildman–Crippen MR) is 120 cm³/mol. The molecule has 1 amide bonds. The minimum atomic E-state index is -2.64. The average molecular weight is 450 g/mol. The monoisotopic (exact) mass is 450 g/mol. The third kappa shape index (κ3) is 3.41. The van der Waals surface area contributed by atoms with E-state index in [1.54, 1.807) is 24.1 Å². The first-order chi connectivity index (χ1) is 15.8. The first-order valence-corrected chi connectivity index (χ1v) is 10.8. The molecule has 1 saturated carbocycles. The Balaban J connectivity index is 1.54. The summed E-state index contributed by atoms with van der Waals surface area (Å²) in [6.07, 6.45) is 4.60. The van der Waals surface area contributed by atoms with Crippen molar-refractivity contribution in [3.8, 4) is 11.8 Å². The number of aliphatic imine (C=N–C) groups is 1. The van der Waals surface area contributed by atoms with E-state index in [0.717, 1.165) is 17.7 Å². The number of likely N-dealkylation sites (N-methyl/N-ethyl adjacent to an activating group) is 1. The van der Waals surface area contributed by atoms with Crippen LogP contribution >= 0.6 is 0 Å². The van der Waals surface area contributed by atoms with Crippen LogP contribution in [-0.4, -0.2) is 85.1 Å². The molecule has 2 aliphatic heterocycles. The lowest BCUT2D eigenvalue weighted by molar-refractivity contribution is -0.234. The molecule has 1 unspecified atom stereocenters. The number of carbonyl (C=O) groups is 1. The smallest absolute Gasteiger partial charge is 0.287 e. The highest BCUT2D eigenvalue weighted by molar-refractivity contribution is 6.20. The van der Waals surface area contributed by atoms with Gasteiger partial charge in [0, 0.05) is 19.8 Å². The number of hydrogen-bond donors (Lipinski definition) is 3. The van der Waals surface area contributed by atoms with E-state index in [2.05, 4.69) is 26.8 Å². The first kappa shape index (κ1) is 21.6. The van der Waals surface area contributed by atoms with Gasteiger partial charge in [0.05, 0.1) is 41.7 Å². The molecular formula is C23H26N6O4. The molecule has 1 aromatic heterocycles. The molecule has 5 rings (SSSR count). The van der Waals surface area contributed by atoms with E-state index >= 15 is 0 Å². The Hall–Kier alpha value is -3.23. The molecule has 1 aromatic carbocycles. The van der Waals surface area contributed by atoms with Crippen molar-refractivity contribution >= 4 is 17.6 Å². The van der Waals surface area contributed by atoms with Crippen LogP contribution in [0.15, 0.2) is 41.7 Å². The number of hydrogen-bond acceptors (Lipinski definition) is 8. The Bertz CT molecular complexity index is 1190. The zero-order valence-corrected chi connectivity index (χ0v) is 18.5. The van der Waals surface area contributed by atoms with Crippen LogP contribution in [0.3, 0.4) is 0 Å².